The average Bonchev–Trinajstić information content (AvgIpc) is 2.69. The van der Waals surface area contributed by atoms with Crippen molar-refractivity contribution in [1.29, 1.82) is 0 Å². The Labute approximate surface area is 112 Å². The third-order valence-electron chi connectivity index (χ3n) is 3.45. The molecule has 2 heterocycles. The van der Waals surface area contributed by atoms with Crippen LogP contribution in [0.1, 0.15) is 22.5 Å². The van der Waals surface area contributed by atoms with Crippen LogP contribution in [-0.2, 0) is 0 Å². The van der Waals surface area contributed by atoms with Crippen molar-refractivity contribution in [3.05, 3.63) is 52.8 Å². The highest BCUT2D eigenvalue weighted by Gasteiger charge is 2.13. The highest BCUT2D eigenvalue weighted by atomic mass is 15.3. The van der Waals surface area contributed by atoms with Gasteiger partial charge in [-0.2, -0.15) is 5.10 Å². The summed E-state index contributed by atoms with van der Waals surface area (Å²) in [6.45, 7) is 8.26. The molecule has 0 saturated carbocycles. The number of hydrogen-bond donors (Lipinski definition) is 0. The largest absolute Gasteiger partial charge is 0.234 e. The molecule has 3 heteroatoms. The van der Waals surface area contributed by atoms with Crippen molar-refractivity contribution in [2.45, 2.75) is 27.7 Å². The summed E-state index contributed by atoms with van der Waals surface area (Å²) in [6, 6.07) is 10.5. The molecule has 0 atom stereocenters. The molecule has 0 amide bonds. The molecule has 2 aromatic heterocycles. The van der Waals surface area contributed by atoms with E-state index in [1.807, 2.05) is 11.4 Å². The second kappa shape index (κ2) is 4.19. The number of fused-ring (bicyclic) bond motifs is 1. The molecular weight excluding hydrogens is 234 g/mol. The van der Waals surface area contributed by atoms with Crippen LogP contribution in [0.25, 0.3) is 16.9 Å². The fourth-order valence-corrected chi connectivity index (χ4v) is 2.41. The van der Waals surface area contributed by atoms with Crippen molar-refractivity contribution >= 4 is 5.65 Å². The van der Waals surface area contributed by atoms with Crippen molar-refractivity contribution in [2.75, 3.05) is 0 Å². The molecule has 19 heavy (non-hydrogen) atoms. The van der Waals surface area contributed by atoms with Gasteiger partial charge in [0.25, 0.3) is 0 Å². The molecule has 0 spiro atoms. The molecule has 0 saturated heterocycles. The van der Waals surface area contributed by atoms with E-state index in [2.05, 4.69) is 56.1 Å². The number of aryl methyl sites for hydroxylation is 4. The summed E-state index contributed by atoms with van der Waals surface area (Å²) in [5, 5.41) is 4.71. The molecule has 3 aromatic rings. The number of hydrogen-bond acceptors (Lipinski definition) is 2. The standard InChI is InChI=1S/C16H17N3/c1-10-5-7-14(8-6-10)15-13(4)16-17-11(2)9-12(3)19(16)18-15/h5-9H,1-4H3. The van der Waals surface area contributed by atoms with E-state index in [0.717, 1.165) is 33.9 Å². The van der Waals surface area contributed by atoms with E-state index in [0.29, 0.717) is 0 Å². The zero-order valence-corrected chi connectivity index (χ0v) is 11.7. The quantitative estimate of drug-likeness (QED) is 0.661. The Morgan fingerprint density at radius 3 is 2.32 bits per heavy atom. The average molecular weight is 251 g/mol. The molecule has 3 nitrogen and oxygen atoms in total. The summed E-state index contributed by atoms with van der Waals surface area (Å²) >= 11 is 0. The third kappa shape index (κ3) is 1.91. The van der Waals surface area contributed by atoms with Gasteiger partial charge in [0.2, 0.25) is 0 Å². The van der Waals surface area contributed by atoms with Gasteiger partial charge >= 0.3 is 0 Å². The maximum absolute atomic E-state index is 4.71. The van der Waals surface area contributed by atoms with E-state index in [9.17, 15) is 0 Å². The van der Waals surface area contributed by atoms with Crippen molar-refractivity contribution < 1.29 is 0 Å². The molecule has 0 unspecified atom stereocenters. The highest BCUT2D eigenvalue weighted by molar-refractivity contribution is 5.70. The fourth-order valence-electron chi connectivity index (χ4n) is 2.41. The number of benzene rings is 1. The summed E-state index contributed by atoms with van der Waals surface area (Å²) in [5.41, 5.74) is 7.65. The Balaban J connectivity index is 2.28. The normalized spacial score (nSPS) is 11.2. The lowest BCUT2D eigenvalue weighted by Crippen LogP contribution is -1.97. The van der Waals surface area contributed by atoms with Gasteiger partial charge in [-0.15, -0.1) is 0 Å². The lowest BCUT2D eigenvalue weighted by molar-refractivity contribution is 0.889. The van der Waals surface area contributed by atoms with Crippen LogP contribution in [-0.4, -0.2) is 14.6 Å². The molecule has 0 fully saturated rings. The molecular formula is C16H17N3. The SMILES string of the molecule is Cc1ccc(-c2nn3c(C)cc(C)nc3c2C)cc1. The van der Waals surface area contributed by atoms with E-state index >= 15 is 0 Å². The minimum Gasteiger partial charge on any atom is -0.234 e. The lowest BCUT2D eigenvalue weighted by atomic mass is 10.1. The molecule has 0 aliphatic heterocycles. The Morgan fingerprint density at radius 2 is 1.63 bits per heavy atom. The summed E-state index contributed by atoms with van der Waals surface area (Å²) in [4.78, 5) is 4.60. The van der Waals surface area contributed by atoms with Crippen molar-refractivity contribution in [1.82, 2.24) is 14.6 Å². The van der Waals surface area contributed by atoms with E-state index in [4.69, 9.17) is 5.10 Å². The van der Waals surface area contributed by atoms with E-state index < -0.39 is 0 Å². The van der Waals surface area contributed by atoms with E-state index in [-0.39, 0.29) is 0 Å². The monoisotopic (exact) mass is 251 g/mol. The number of nitrogens with zero attached hydrogens (tertiary/aromatic N) is 3. The highest BCUT2D eigenvalue weighted by Crippen LogP contribution is 2.25. The first-order chi connectivity index (χ1) is 9.06. The van der Waals surface area contributed by atoms with Gasteiger partial charge in [-0.05, 0) is 33.8 Å². The van der Waals surface area contributed by atoms with E-state index in [1.54, 1.807) is 0 Å². The maximum Gasteiger partial charge on any atom is 0.159 e. The van der Waals surface area contributed by atoms with Gasteiger partial charge in [-0.3, -0.25) is 0 Å². The predicted octanol–water partition coefficient (Wildman–Crippen LogP) is 3.63. The molecule has 0 bridgehead atoms. The molecule has 0 aliphatic rings. The van der Waals surface area contributed by atoms with Crippen LogP contribution in [0.3, 0.4) is 0 Å². The van der Waals surface area contributed by atoms with Gasteiger partial charge < -0.3 is 0 Å². The van der Waals surface area contributed by atoms with Crippen molar-refractivity contribution in [3.8, 4) is 11.3 Å². The predicted molar refractivity (Wildman–Crippen MR) is 77.4 cm³/mol. The summed E-state index contributed by atoms with van der Waals surface area (Å²) in [5.74, 6) is 0. The zero-order chi connectivity index (χ0) is 13.6. The van der Waals surface area contributed by atoms with Gasteiger partial charge in [0.05, 0.1) is 5.69 Å². The first-order valence-electron chi connectivity index (χ1n) is 6.47. The van der Waals surface area contributed by atoms with Gasteiger partial charge in [-0.25, -0.2) is 9.50 Å². The van der Waals surface area contributed by atoms with Crippen LogP contribution in [0.15, 0.2) is 30.3 Å². The van der Waals surface area contributed by atoms with Crippen molar-refractivity contribution in [3.63, 3.8) is 0 Å². The smallest absolute Gasteiger partial charge is 0.159 e. The Hall–Kier alpha value is -2.16. The lowest BCUT2D eigenvalue weighted by Gasteiger charge is -1.99. The Morgan fingerprint density at radius 1 is 0.947 bits per heavy atom. The van der Waals surface area contributed by atoms with Crippen LogP contribution in [0.4, 0.5) is 0 Å². The van der Waals surface area contributed by atoms with Crippen molar-refractivity contribution in [2.24, 2.45) is 0 Å². The minimum absolute atomic E-state index is 0.952. The van der Waals surface area contributed by atoms with Gasteiger partial charge in [0.1, 0.15) is 0 Å². The molecule has 0 radical (unpaired) electrons. The molecule has 96 valence electrons. The Kier molecular flexibility index (Phi) is 2.63. The maximum atomic E-state index is 4.71. The minimum atomic E-state index is 0.952. The Bertz CT molecular complexity index is 752. The van der Waals surface area contributed by atoms with Crippen LogP contribution in [0.2, 0.25) is 0 Å². The summed E-state index contributed by atoms with van der Waals surface area (Å²) in [7, 11) is 0. The van der Waals surface area contributed by atoms with Gasteiger partial charge in [0.15, 0.2) is 5.65 Å². The second-order valence-corrected chi connectivity index (χ2v) is 5.11. The van der Waals surface area contributed by atoms with Crippen LogP contribution in [0, 0.1) is 27.7 Å². The van der Waals surface area contributed by atoms with Crippen LogP contribution < -0.4 is 0 Å². The molecule has 0 aliphatic carbocycles. The molecule has 3 rings (SSSR count). The third-order valence-corrected chi connectivity index (χ3v) is 3.45. The summed E-state index contributed by atoms with van der Waals surface area (Å²) in [6.07, 6.45) is 0. The first kappa shape index (κ1) is 11.9. The first-order valence-corrected chi connectivity index (χ1v) is 6.47. The van der Waals surface area contributed by atoms with Gasteiger partial charge in [0, 0.05) is 22.5 Å². The van der Waals surface area contributed by atoms with Gasteiger partial charge in [-0.1, -0.05) is 29.8 Å². The van der Waals surface area contributed by atoms with Crippen LogP contribution in [0.5, 0.6) is 0 Å². The zero-order valence-electron chi connectivity index (χ0n) is 11.7. The summed E-state index contributed by atoms with van der Waals surface area (Å²) < 4.78 is 1.93. The molecule has 1 aromatic carbocycles. The van der Waals surface area contributed by atoms with E-state index in [1.165, 1.54) is 5.56 Å². The molecule has 0 N–H and O–H groups in total. The van der Waals surface area contributed by atoms with Crippen LogP contribution >= 0.6 is 0 Å². The number of rotatable bonds is 1. The number of aromatic nitrogens is 3. The fraction of sp³-hybridized carbons (Fsp3) is 0.250. The topological polar surface area (TPSA) is 30.2 Å². The second-order valence-electron chi connectivity index (χ2n) is 5.11.